The van der Waals surface area contributed by atoms with Crippen molar-refractivity contribution in [3.8, 4) is 0 Å². The quantitative estimate of drug-likeness (QED) is 0.713. The maximum Gasteiger partial charge on any atom is 0.212 e. The van der Waals surface area contributed by atoms with Gasteiger partial charge in [-0.15, -0.1) is 0 Å². The molecule has 1 saturated carbocycles. The molecule has 6 heteroatoms. The molecule has 2 aliphatic carbocycles. The van der Waals surface area contributed by atoms with Crippen molar-refractivity contribution >= 4 is 10.0 Å². The molecule has 150 valence electrons. The first-order valence-corrected chi connectivity index (χ1v) is 11.6. The van der Waals surface area contributed by atoms with E-state index in [1.54, 1.807) is 12.1 Å². The average Bonchev–Trinajstić information content (AvgIpc) is 3.40. The second-order valence-electron chi connectivity index (χ2n) is 8.12. The van der Waals surface area contributed by atoms with Crippen molar-refractivity contribution in [2.45, 2.75) is 44.2 Å². The summed E-state index contributed by atoms with van der Waals surface area (Å²) in [5.74, 6) is 0.604. The van der Waals surface area contributed by atoms with Crippen LogP contribution in [0.25, 0.3) is 0 Å². The van der Waals surface area contributed by atoms with E-state index in [1.807, 2.05) is 19.2 Å². The van der Waals surface area contributed by atoms with Crippen LogP contribution < -0.4 is 10.0 Å². The number of likely N-dealkylation sites (N-methyl/N-ethyl adjacent to an activating group) is 1. The largest absolute Gasteiger partial charge is 0.316 e. The molecule has 0 spiro atoms. The molecule has 2 aliphatic rings. The molecule has 0 amide bonds. The van der Waals surface area contributed by atoms with Crippen LogP contribution in [0.1, 0.15) is 41.0 Å². The van der Waals surface area contributed by atoms with E-state index in [2.05, 4.69) is 22.2 Å². The van der Waals surface area contributed by atoms with Crippen LogP contribution in [0.15, 0.2) is 42.5 Å². The molecule has 2 aromatic carbocycles. The molecule has 2 N–H and O–H groups in total. The number of rotatable bonds is 8. The summed E-state index contributed by atoms with van der Waals surface area (Å²) < 4.78 is 40.7. The molecule has 0 bridgehead atoms. The summed E-state index contributed by atoms with van der Waals surface area (Å²) in [5.41, 5.74) is 4.47. The van der Waals surface area contributed by atoms with E-state index in [-0.39, 0.29) is 17.5 Å². The van der Waals surface area contributed by atoms with Gasteiger partial charge in [0.05, 0.1) is 5.75 Å². The highest BCUT2D eigenvalue weighted by molar-refractivity contribution is 7.89. The van der Waals surface area contributed by atoms with Crippen LogP contribution in [0, 0.1) is 11.7 Å². The Morgan fingerprint density at radius 2 is 1.93 bits per heavy atom. The molecule has 2 unspecified atom stereocenters. The van der Waals surface area contributed by atoms with Gasteiger partial charge in [0, 0.05) is 18.5 Å². The predicted octanol–water partition coefficient (Wildman–Crippen LogP) is 3.13. The first kappa shape index (κ1) is 19.6. The standard InChI is InChI=1S/C22H27FN2O2S/c1-24-22-12-18-8-7-17(13-25-28(26,27)14-15-5-6-15)11-20(18)21(22)10-16-3-2-4-19(23)9-16/h2-4,7-9,11,15,21-22,24-25H,5-6,10,12-14H2,1H3. The van der Waals surface area contributed by atoms with Crippen molar-refractivity contribution in [1.29, 1.82) is 0 Å². The predicted molar refractivity (Wildman–Crippen MR) is 109 cm³/mol. The van der Waals surface area contributed by atoms with E-state index in [4.69, 9.17) is 0 Å². The monoisotopic (exact) mass is 402 g/mol. The van der Waals surface area contributed by atoms with Gasteiger partial charge in [0.15, 0.2) is 0 Å². The molecule has 0 radical (unpaired) electrons. The summed E-state index contributed by atoms with van der Waals surface area (Å²) in [4.78, 5) is 0. The minimum atomic E-state index is -3.22. The number of hydrogen-bond donors (Lipinski definition) is 2. The van der Waals surface area contributed by atoms with Crippen molar-refractivity contribution in [2.75, 3.05) is 12.8 Å². The molecule has 4 nitrogen and oxygen atoms in total. The fraction of sp³-hybridized carbons (Fsp3) is 0.455. The maximum atomic E-state index is 13.6. The second-order valence-corrected chi connectivity index (χ2v) is 9.97. The van der Waals surface area contributed by atoms with Crippen LogP contribution in [0.5, 0.6) is 0 Å². The van der Waals surface area contributed by atoms with Crippen LogP contribution in [-0.4, -0.2) is 27.3 Å². The van der Waals surface area contributed by atoms with Gasteiger partial charge in [-0.2, -0.15) is 0 Å². The van der Waals surface area contributed by atoms with E-state index < -0.39 is 10.0 Å². The third kappa shape index (κ3) is 4.62. The Bertz CT molecular complexity index is 957. The Kier molecular flexibility index (Phi) is 5.54. The molecule has 1 fully saturated rings. The lowest BCUT2D eigenvalue weighted by molar-refractivity contribution is 0.490. The van der Waals surface area contributed by atoms with Gasteiger partial charge >= 0.3 is 0 Å². The smallest absolute Gasteiger partial charge is 0.212 e. The SMILES string of the molecule is CNC1Cc2ccc(CNS(=O)(=O)CC3CC3)cc2C1Cc1cccc(F)c1. The molecular weight excluding hydrogens is 375 g/mol. The van der Waals surface area contributed by atoms with Crippen LogP contribution in [0.2, 0.25) is 0 Å². The molecule has 4 rings (SSSR count). The van der Waals surface area contributed by atoms with E-state index in [0.717, 1.165) is 36.8 Å². The zero-order valence-corrected chi connectivity index (χ0v) is 16.9. The lowest BCUT2D eigenvalue weighted by Crippen LogP contribution is -2.30. The molecule has 28 heavy (non-hydrogen) atoms. The Hall–Kier alpha value is -1.76. The lowest BCUT2D eigenvalue weighted by atomic mass is 9.90. The Balaban J connectivity index is 1.51. The van der Waals surface area contributed by atoms with Gasteiger partial charge in [-0.05, 0) is 73.0 Å². The van der Waals surface area contributed by atoms with Crippen LogP contribution in [0.3, 0.4) is 0 Å². The summed E-state index contributed by atoms with van der Waals surface area (Å²) in [6.07, 6.45) is 3.73. The molecule has 2 aromatic rings. The zero-order chi connectivity index (χ0) is 19.7. The first-order chi connectivity index (χ1) is 13.4. The molecule has 2 atom stereocenters. The second kappa shape index (κ2) is 7.93. The normalized spacial score (nSPS) is 21.6. The molecule has 0 aromatic heterocycles. The van der Waals surface area contributed by atoms with E-state index in [1.165, 1.54) is 17.2 Å². The average molecular weight is 403 g/mol. The van der Waals surface area contributed by atoms with Crippen molar-refractivity contribution < 1.29 is 12.8 Å². The fourth-order valence-corrected chi connectivity index (χ4v) is 5.66. The minimum absolute atomic E-state index is 0.212. The van der Waals surface area contributed by atoms with Crippen molar-refractivity contribution in [3.05, 3.63) is 70.5 Å². The highest BCUT2D eigenvalue weighted by atomic mass is 32.2. The van der Waals surface area contributed by atoms with Gasteiger partial charge < -0.3 is 5.32 Å². The summed E-state index contributed by atoms with van der Waals surface area (Å²) in [5, 5.41) is 3.39. The minimum Gasteiger partial charge on any atom is -0.316 e. The van der Waals surface area contributed by atoms with Gasteiger partial charge in [0.2, 0.25) is 10.0 Å². The maximum absolute atomic E-state index is 13.6. The summed E-state index contributed by atoms with van der Waals surface area (Å²) in [6.45, 7) is 0.319. The number of hydrogen-bond acceptors (Lipinski definition) is 3. The number of fused-ring (bicyclic) bond motifs is 1. The Morgan fingerprint density at radius 3 is 2.64 bits per heavy atom. The highest BCUT2D eigenvalue weighted by Gasteiger charge is 2.32. The number of sulfonamides is 1. The molecule has 0 heterocycles. The number of nitrogens with one attached hydrogen (secondary N) is 2. The van der Waals surface area contributed by atoms with Crippen LogP contribution in [-0.2, 0) is 29.4 Å². The van der Waals surface area contributed by atoms with Gasteiger partial charge in [0.1, 0.15) is 5.82 Å². The highest BCUT2D eigenvalue weighted by Crippen LogP contribution is 2.36. The summed E-state index contributed by atoms with van der Waals surface area (Å²) in [6, 6.07) is 13.3. The first-order valence-electron chi connectivity index (χ1n) is 9.94. The fourth-order valence-electron chi connectivity index (χ4n) is 4.20. The Labute approximate surface area is 166 Å². The van der Waals surface area contributed by atoms with Gasteiger partial charge in [-0.1, -0.05) is 30.3 Å². The van der Waals surface area contributed by atoms with Gasteiger partial charge in [0.25, 0.3) is 0 Å². The molecular formula is C22H27FN2O2S. The van der Waals surface area contributed by atoms with Crippen molar-refractivity contribution in [3.63, 3.8) is 0 Å². The van der Waals surface area contributed by atoms with Crippen LogP contribution in [0.4, 0.5) is 4.39 Å². The van der Waals surface area contributed by atoms with E-state index in [0.29, 0.717) is 18.5 Å². The zero-order valence-electron chi connectivity index (χ0n) is 16.1. The van der Waals surface area contributed by atoms with Crippen molar-refractivity contribution in [2.24, 2.45) is 5.92 Å². The van der Waals surface area contributed by atoms with E-state index in [9.17, 15) is 12.8 Å². The third-order valence-corrected chi connectivity index (χ3v) is 7.39. The summed E-state index contributed by atoms with van der Waals surface area (Å²) in [7, 11) is -1.26. The molecule has 0 saturated heterocycles. The van der Waals surface area contributed by atoms with Gasteiger partial charge in [-0.25, -0.2) is 17.5 Å². The lowest BCUT2D eigenvalue weighted by Gasteiger charge is -2.20. The Morgan fingerprint density at radius 1 is 1.11 bits per heavy atom. The third-order valence-electron chi connectivity index (χ3n) is 5.90. The van der Waals surface area contributed by atoms with Crippen LogP contribution >= 0.6 is 0 Å². The number of halogens is 1. The topological polar surface area (TPSA) is 58.2 Å². The van der Waals surface area contributed by atoms with E-state index >= 15 is 0 Å². The number of benzene rings is 2. The van der Waals surface area contributed by atoms with Crippen molar-refractivity contribution in [1.82, 2.24) is 10.0 Å². The van der Waals surface area contributed by atoms with Gasteiger partial charge in [-0.3, -0.25) is 0 Å². The summed E-state index contributed by atoms with van der Waals surface area (Å²) >= 11 is 0. The molecule has 0 aliphatic heterocycles.